The fraction of sp³-hybridized carbons (Fsp3) is 1.00. The summed E-state index contributed by atoms with van der Waals surface area (Å²) in [6.07, 6.45) is 0. The molecule has 0 spiro atoms. The van der Waals surface area contributed by atoms with E-state index in [1.807, 2.05) is 0 Å². The molecule has 0 heterocycles. The molecule has 0 N–H and O–H groups in total. The first kappa shape index (κ1) is 9.10. The molecule has 0 unspecified atom stereocenters. The molecular formula is C4H10SeTe2. The van der Waals surface area contributed by atoms with E-state index in [-0.39, 0.29) is 0 Å². The van der Waals surface area contributed by atoms with Gasteiger partial charge in [0.2, 0.25) is 0 Å². The summed E-state index contributed by atoms with van der Waals surface area (Å²) in [5, 5.41) is 0. The minimum atomic E-state index is 0.523. The van der Waals surface area contributed by atoms with Crippen molar-refractivity contribution in [1.82, 2.24) is 0 Å². The first-order valence-corrected chi connectivity index (χ1v) is 12.2. The van der Waals surface area contributed by atoms with E-state index < -0.39 is 0 Å². The molecule has 0 aromatic heterocycles. The van der Waals surface area contributed by atoms with Crippen LogP contribution in [-0.2, 0) is 0 Å². The Bertz CT molecular complexity index is 28.9. The molecule has 0 aliphatic heterocycles. The SMILES string of the molecule is C[Se]C[Te]C[Te]C. The van der Waals surface area contributed by atoms with E-state index in [1.54, 1.807) is 5.88 Å². The molecule has 44 valence electrons. The van der Waals surface area contributed by atoms with Gasteiger partial charge in [-0.2, -0.15) is 0 Å². The predicted octanol–water partition coefficient (Wildman–Crippen LogP) is 0.947. The zero-order valence-electron chi connectivity index (χ0n) is 4.64. The molecular weight excluding hydrogens is 382 g/mol. The van der Waals surface area contributed by atoms with Crippen molar-refractivity contribution in [2.45, 2.75) is 16.7 Å². The molecule has 0 fully saturated rings. The Hall–Kier alpha value is 2.10. The van der Waals surface area contributed by atoms with Crippen molar-refractivity contribution in [1.29, 1.82) is 0 Å². The Kier molecular flexibility index (Phi) is 10.5. The Morgan fingerprint density at radius 2 is 2.29 bits per heavy atom. The Morgan fingerprint density at radius 3 is 2.71 bits per heavy atom. The van der Waals surface area contributed by atoms with Crippen LogP contribution in [0.2, 0.25) is 16.7 Å². The molecule has 0 saturated heterocycles. The molecule has 7 heavy (non-hydrogen) atoms. The van der Waals surface area contributed by atoms with Crippen LogP contribution in [0.4, 0.5) is 0 Å². The molecule has 0 aliphatic carbocycles. The molecule has 0 saturated carbocycles. The van der Waals surface area contributed by atoms with Crippen molar-refractivity contribution >= 4 is 56.8 Å². The molecule has 0 aromatic carbocycles. The third kappa shape index (κ3) is 8.10. The van der Waals surface area contributed by atoms with Crippen LogP contribution < -0.4 is 0 Å². The summed E-state index contributed by atoms with van der Waals surface area (Å²) in [7, 11) is 0. The van der Waals surface area contributed by atoms with Crippen molar-refractivity contribution in [2.24, 2.45) is 0 Å². The topological polar surface area (TPSA) is 0 Å². The van der Waals surface area contributed by atoms with Gasteiger partial charge in [0.15, 0.2) is 0 Å². The van der Waals surface area contributed by atoms with Crippen molar-refractivity contribution in [3.05, 3.63) is 0 Å². The molecule has 0 bridgehead atoms. The van der Waals surface area contributed by atoms with Crippen molar-refractivity contribution < 1.29 is 0 Å². The second kappa shape index (κ2) is 8.10. The van der Waals surface area contributed by atoms with Crippen molar-refractivity contribution in [3.63, 3.8) is 0 Å². The van der Waals surface area contributed by atoms with E-state index in [0.29, 0.717) is 41.8 Å². The molecule has 0 atom stereocenters. The first-order chi connectivity index (χ1) is 3.41. The average molecular weight is 392 g/mol. The van der Waals surface area contributed by atoms with Gasteiger partial charge in [-0.25, -0.2) is 0 Å². The predicted molar refractivity (Wildman–Crippen MR) is 38.6 cm³/mol. The van der Waals surface area contributed by atoms with E-state index in [2.05, 4.69) is 10.8 Å². The van der Waals surface area contributed by atoms with Crippen LogP contribution in [0, 0.1) is 0 Å². The van der Waals surface area contributed by atoms with Crippen LogP contribution in [0.3, 0.4) is 0 Å². The quantitative estimate of drug-likeness (QED) is 0.494. The summed E-state index contributed by atoms with van der Waals surface area (Å²) in [6, 6.07) is 0. The molecule has 0 amide bonds. The summed E-state index contributed by atoms with van der Waals surface area (Å²) in [5.74, 6) is 2.36. The Labute approximate surface area is 72.5 Å². The second-order valence-corrected chi connectivity index (χ2v) is 14.2. The minimum absolute atomic E-state index is 0.523. The van der Waals surface area contributed by atoms with Crippen LogP contribution >= 0.6 is 0 Å². The van der Waals surface area contributed by atoms with Gasteiger partial charge >= 0.3 is 73.5 Å². The van der Waals surface area contributed by atoms with E-state index >= 15 is 0 Å². The molecule has 0 nitrogen and oxygen atoms in total. The van der Waals surface area contributed by atoms with Gasteiger partial charge in [-0.05, 0) is 0 Å². The molecule has 0 aliphatic rings. The summed E-state index contributed by atoms with van der Waals surface area (Å²) in [6.45, 7) is 0. The fourth-order valence-corrected chi connectivity index (χ4v) is 14.6. The fourth-order valence-electron chi connectivity index (χ4n) is 0.201. The van der Waals surface area contributed by atoms with Crippen LogP contribution in [0.15, 0.2) is 0 Å². The van der Waals surface area contributed by atoms with Gasteiger partial charge in [0.25, 0.3) is 0 Å². The number of hydrogen-bond donors (Lipinski definition) is 0. The molecule has 3 heteroatoms. The van der Waals surface area contributed by atoms with Crippen LogP contribution in [0.1, 0.15) is 0 Å². The van der Waals surface area contributed by atoms with Gasteiger partial charge in [0, 0.05) is 0 Å². The monoisotopic (exact) mass is 398 g/mol. The number of hydrogen-bond acceptors (Lipinski definition) is 0. The van der Waals surface area contributed by atoms with Gasteiger partial charge in [-0.1, -0.05) is 0 Å². The third-order valence-corrected chi connectivity index (χ3v) is 16.1. The summed E-state index contributed by atoms with van der Waals surface area (Å²) in [4.78, 5) is 2.42. The van der Waals surface area contributed by atoms with Crippen molar-refractivity contribution in [3.8, 4) is 0 Å². The molecule has 0 aromatic rings. The normalized spacial score (nSPS) is 9.43. The zero-order valence-corrected chi connectivity index (χ0v) is 11.0. The third-order valence-electron chi connectivity index (χ3n) is 0.402. The van der Waals surface area contributed by atoms with E-state index in [9.17, 15) is 0 Å². The summed E-state index contributed by atoms with van der Waals surface area (Å²) in [5.41, 5.74) is 0. The maximum absolute atomic E-state index is 2.42. The first-order valence-electron chi connectivity index (χ1n) is 1.97. The van der Waals surface area contributed by atoms with E-state index in [4.69, 9.17) is 0 Å². The average Bonchev–Trinajstić information content (AvgIpc) is 1.69. The van der Waals surface area contributed by atoms with Crippen LogP contribution in [-0.4, -0.2) is 56.8 Å². The second-order valence-electron chi connectivity index (χ2n) is 1.02. The van der Waals surface area contributed by atoms with Gasteiger partial charge in [-0.15, -0.1) is 0 Å². The molecule has 0 rings (SSSR count). The zero-order chi connectivity index (χ0) is 5.54. The van der Waals surface area contributed by atoms with Crippen LogP contribution in [0.25, 0.3) is 0 Å². The Morgan fingerprint density at radius 1 is 1.57 bits per heavy atom. The van der Waals surface area contributed by atoms with Gasteiger partial charge < -0.3 is 0 Å². The summed E-state index contributed by atoms with van der Waals surface area (Å²) < 4.78 is 3.35. The van der Waals surface area contributed by atoms with Gasteiger partial charge in [0.1, 0.15) is 0 Å². The van der Waals surface area contributed by atoms with E-state index in [1.165, 1.54) is 0 Å². The van der Waals surface area contributed by atoms with Gasteiger partial charge in [-0.3, -0.25) is 0 Å². The standard InChI is InChI=1S/C4H10SeTe2/c1-5-3-7-4-6-2/h3-4H2,1-2H3. The van der Waals surface area contributed by atoms with Crippen molar-refractivity contribution in [2.75, 3.05) is 0 Å². The number of rotatable bonds is 4. The van der Waals surface area contributed by atoms with Crippen LogP contribution in [0.5, 0.6) is 0 Å². The summed E-state index contributed by atoms with van der Waals surface area (Å²) >= 11 is 2.09. The Balaban J connectivity index is 2.45. The van der Waals surface area contributed by atoms with Gasteiger partial charge in [0.05, 0.1) is 0 Å². The molecule has 0 radical (unpaired) electrons. The van der Waals surface area contributed by atoms with E-state index in [0.717, 1.165) is 15.0 Å². The maximum atomic E-state index is 2.42.